The van der Waals surface area contributed by atoms with E-state index >= 15 is 0 Å². The third-order valence-electron chi connectivity index (χ3n) is 2.59. The zero-order valence-electron chi connectivity index (χ0n) is 12.0. The summed E-state index contributed by atoms with van der Waals surface area (Å²) in [6.45, 7) is 3.38. The summed E-state index contributed by atoms with van der Waals surface area (Å²) in [4.78, 5) is 37.1. The second-order valence-corrected chi connectivity index (χ2v) is 5.51. The molecule has 0 bridgehead atoms. The minimum atomic E-state index is -0.669. The van der Waals surface area contributed by atoms with Gasteiger partial charge in [-0.15, -0.1) is 24.8 Å². The van der Waals surface area contributed by atoms with Crippen molar-refractivity contribution in [2.45, 2.75) is 19.9 Å². The predicted octanol–water partition coefficient (Wildman–Crippen LogP) is 1.02. The zero-order valence-corrected chi connectivity index (χ0v) is 15.2. The van der Waals surface area contributed by atoms with Crippen molar-refractivity contribution in [3.63, 3.8) is 0 Å². The first-order chi connectivity index (χ1) is 9.31. The Labute approximate surface area is 148 Å². The van der Waals surface area contributed by atoms with Crippen LogP contribution in [0, 0.1) is 5.92 Å². The van der Waals surface area contributed by atoms with E-state index in [0.717, 1.165) is 0 Å². The fourth-order valence-electron chi connectivity index (χ4n) is 1.33. The van der Waals surface area contributed by atoms with Crippen molar-refractivity contribution in [1.29, 1.82) is 0 Å². The van der Waals surface area contributed by atoms with E-state index in [1.54, 1.807) is 0 Å². The fraction of sp³-hybridized carbons (Fsp3) is 0.417. The van der Waals surface area contributed by atoms with Gasteiger partial charge in [0.05, 0.1) is 12.6 Å². The van der Waals surface area contributed by atoms with Crippen LogP contribution in [0.4, 0.5) is 5.69 Å². The number of amides is 2. The van der Waals surface area contributed by atoms with E-state index in [9.17, 15) is 14.4 Å². The molecular weight excluding hydrogens is 399 g/mol. The largest absolute Gasteiger partial charge is 0.346 e. The molecule has 1 aromatic rings. The molecule has 1 heterocycles. The monoisotopic (exact) mass is 416 g/mol. The first kappa shape index (κ1) is 23.2. The summed E-state index contributed by atoms with van der Waals surface area (Å²) in [6.07, 6.45) is 1.46. The molecule has 126 valence electrons. The average Bonchev–Trinajstić information content (AvgIpc) is 2.39. The SMILES string of the molecule is CC(C)[C@H](N)C(=O)NCC(=O)Nc1cc(Br)c[nH]c1=O.Cl.Cl. The first-order valence-electron chi connectivity index (χ1n) is 6.02. The average molecular weight is 418 g/mol. The van der Waals surface area contributed by atoms with Crippen molar-refractivity contribution in [2.24, 2.45) is 11.7 Å². The maximum atomic E-state index is 11.6. The Kier molecular flexibility index (Phi) is 11.2. The van der Waals surface area contributed by atoms with Gasteiger partial charge in [-0.1, -0.05) is 13.8 Å². The van der Waals surface area contributed by atoms with Crippen LogP contribution in [0.15, 0.2) is 21.5 Å². The minimum Gasteiger partial charge on any atom is -0.346 e. The standard InChI is InChI=1S/C12H17BrN4O3.2ClH/c1-6(2)10(14)12(20)16-5-9(18)17-8-3-7(13)4-15-11(8)19;;/h3-4,6,10H,5,14H2,1-2H3,(H,15,19)(H,16,20)(H,17,18);2*1H/t10-;;/m0../s1. The van der Waals surface area contributed by atoms with Gasteiger partial charge in [0.1, 0.15) is 5.69 Å². The molecule has 0 fully saturated rings. The second kappa shape index (κ2) is 10.6. The number of nitrogens with one attached hydrogen (secondary N) is 3. The van der Waals surface area contributed by atoms with E-state index in [-0.39, 0.29) is 43.0 Å². The third kappa shape index (κ3) is 7.26. The quantitative estimate of drug-likeness (QED) is 0.571. The summed E-state index contributed by atoms with van der Waals surface area (Å²) < 4.78 is 0.623. The molecule has 1 aromatic heterocycles. The van der Waals surface area contributed by atoms with Gasteiger partial charge in [-0.25, -0.2) is 0 Å². The minimum absolute atomic E-state index is 0. The molecular formula is C12H19BrCl2N4O3. The molecule has 0 aliphatic rings. The summed E-state index contributed by atoms with van der Waals surface area (Å²) in [6, 6.07) is 0.801. The van der Waals surface area contributed by atoms with E-state index in [4.69, 9.17) is 5.73 Å². The molecule has 7 nitrogen and oxygen atoms in total. The van der Waals surface area contributed by atoms with Gasteiger partial charge in [0.25, 0.3) is 5.56 Å². The number of pyridine rings is 1. The highest BCUT2D eigenvalue weighted by molar-refractivity contribution is 9.10. The molecule has 2 amide bonds. The van der Waals surface area contributed by atoms with Crippen LogP contribution in [-0.2, 0) is 9.59 Å². The summed E-state index contributed by atoms with van der Waals surface area (Å²) in [5.74, 6) is -0.929. The van der Waals surface area contributed by atoms with Gasteiger partial charge in [-0.2, -0.15) is 0 Å². The molecule has 0 unspecified atom stereocenters. The van der Waals surface area contributed by atoms with Crippen LogP contribution in [0.5, 0.6) is 0 Å². The zero-order chi connectivity index (χ0) is 15.3. The van der Waals surface area contributed by atoms with E-state index in [1.807, 2.05) is 13.8 Å². The molecule has 0 aliphatic carbocycles. The molecule has 0 saturated heterocycles. The van der Waals surface area contributed by atoms with E-state index in [1.165, 1.54) is 12.3 Å². The van der Waals surface area contributed by atoms with Crippen LogP contribution in [-0.4, -0.2) is 29.4 Å². The lowest BCUT2D eigenvalue weighted by molar-refractivity contribution is -0.125. The Hall–Kier alpha value is -1.09. The first-order valence-corrected chi connectivity index (χ1v) is 6.82. The van der Waals surface area contributed by atoms with Crippen LogP contribution in [0.3, 0.4) is 0 Å². The van der Waals surface area contributed by atoms with E-state index in [0.29, 0.717) is 4.47 Å². The Morgan fingerprint density at radius 1 is 1.36 bits per heavy atom. The van der Waals surface area contributed by atoms with Gasteiger partial charge in [-0.3, -0.25) is 14.4 Å². The molecule has 0 saturated carbocycles. The number of rotatable bonds is 5. The fourth-order valence-corrected chi connectivity index (χ4v) is 1.68. The smallest absolute Gasteiger partial charge is 0.271 e. The van der Waals surface area contributed by atoms with Crippen LogP contribution in [0.25, 0.3) is 0 Å². The molecule has 0 aliphatic heterocycles. The summed E-state index contributed by atoms with van der Waals surface area (Å²) in [5.41, 5.74) is 5.32. The number of nitrogens with two attached hydrogens (primary N) is 1. The Balaban J connectivity index is 0. The van der Waals surface area contributed by atoms with E-state index in [2.05, 4.69) is 31.5 Å². The number of aromatic amines is 1. The maximum absolute atomic E-state index is 11.6. The number of hydrogen-bond acceptors (Lipinski definition) is 4. The molecule has 22 heavy (non-hydrogen) atoms. The van der Waals surface area contributed by atoms with Gasteiger partial charge in [0, 0.05) is 10.7 Å². The number of anilines is 1. The number of carbonyl (C=O) groups is 2. The lowest BCUT2D eigenvalue weighted by atomic mass is 10.1. The lowest BCUT2D eigenvalue weighted by Crippen LogP contribution is -2.46. The summed E-state index contributed by atoms with van der Waals surface area (Å²) >= 11 is 3.18. The van der Waals surface area contributed by atoms with Crippen molar-refractivity contribution in [2.75, 3.05) is 11.9 Å². The highest BCUT2D eigenvalue weighted by Gasteiger charge is 2.17. The van der Waals surface area contributed by atoms with Gasteiger partial charge in [0.2, 0.25) is 11.8 Å². The molecule has 5 N–H and O–H groups in total. The Morgan fingerprint density at radius 2 is 1.95 bits per heavy atom. The van der Waals surface area contributed by atoms with E-state index < -0.39 is 23.4 Å². The Bertz CT molecular complexity index is 566. The van der Waals surface area contributed by atoms with Gasteiger partial charge in [0.15, 0.2) is 0 Å². The predicted molar refractivity (Wildman–Crippen MR) is 93.7 cm³/mol. The molecule has 0 spiro atoms. The molecule has 0 aromatic carbocycles. The normalized spacial score (nSPS) is 11.0. The Morgan fingerprint density at radius 3 is 2.50 bits per heavy atom. The third-order valence-corrected chi connectivity index (χ3v) is 3.04. The van der Waals surface area contributed by atoms with Crippen molar-refractivity contribution in [3.8, 4) is 0 Å². The number of hydrogen-bond donors (Lipinski definition) is 4. The topological polar surface area (TPSA) is 117 Å². The highest BCUT2D eigenvalue weighted by Crippen LogP contribution is 2.09. The van der Waals surface area contributed by atoms with Crippen LogP contribution in [0.1, 0.15) is 13.8 Å². The van der Waals surface area contributed by atoms with Crippen molar-refractivity contribution >= 4 is 58.2 Å². The van der Waals surface area contributed by atoms with Gasteiger partial charge >= 0.3 is 0 Å². The maximum Gasteiger partial charge on any atom is 0.271 e. The number of aromatic nitrogens is 1. The number of carbonyl (C=O) groups excluding carboxylic acids is 2. The highest BCUT2D eigenvalue weighted by atomic mass is 79.9. The lowest BCUT2D eigenvalue weighted by Gasteiger charge is -2.15. The molecule has 1 atom stereocenters. The van der Waals surface area contributed by atoms with Crippen LogP contribution >= 0.6 is 40.7 Å². The van der Waals surface area contributed by atoms with Crippen molar-refractivity contribution in [3.05, 3.63) is 27.1 Å². The summed E-state index contributed by atoms with van der Waals surface area (Å²) in [5, 5.41) is 4.82. The second-order valence-electron chi connectivity index (χ2n) is 4.60. The van der Waals surface area contributed by atoms with Crippen LogP contribution < -0.4 is 21.9 Å². The van der Waals surface area contributed by atoms with Crippen molar-refractivity contribution in [1.82, 2.24) is 10.3 Å². The summed E-state index contributed by atoms with van der Waals surface area (Å²) in [7, 11) is 0. The molecule has 10 heteroatoms. The number of H-pyrrole nitrogens is 1. The molecule has 1 rings (SSSR count). The van der Waals surface area contributed by atoms with Gasteiger partial charge in [-0.05, 0) is 27.9 Å². The number of halogens is 3. The van der Waals surface area contributed by atoms with Crippen molar-refractivity contribution < 1.29 is 9.59 Å². The van der Waals surface area contributed by atoms with Gasteiger partial charge < -0.3 is 21.4 Å². The van der Waals surface area contributed by atoms with Crippen LogP contribution in [0.2, 0.25) is 0 Å². The molecule has 0 radical (unpaired) electrons.